The highest BCUT2D eigenvalue weighted by atomic mass is 79.9. The summed E-state index contributed by atoms with van der Waals surface area (Å²) >= 11 is 3.32. The summed E-state index contributed by atoms with van der Waals surface area (Å²) in [6.07, 6.45) is 3.65. The molecule has 3 nitrogen and oxygen atoms in total. The maximum atomic E-state index is 13.0. The Hall–Kier alpha value is -1.20. The van der Waals surface area contributed by atoms with Gasteiger partial charge in [0.15, 0.2) is 0 Å². The first-order chi connectivity index (χ1) is 8.60. The third kappa shape index (κ3) is 2.97. The fourth-order valence-electron chi connectivity index (χ4n) is 1.70. The van der Waals surface area contributed by atoms with Crippen molar-refractivity contribution < 1.29 is 9.50 Å². The topological polar surface area (TPSA) is 38.1 Å². The number of benzene rings is 1. The minimum Gasteiger partial charge on any atom is -0.388 e. The average Bonchev–Trinajstić information content (AvgIpc) is 2.80. The van der Waals surface area contributed by atoms with E-state index in [-0.39, 0.29) is 5.82 Å². The molecule has 1 heterocycles. The van der Waals surface area contributed by atoms with Crippen LogP contribution < -0.4 is 0 Å². The highest BCUT2D eigenvalue weighted by molar-refractivity contribution is 9.10. The molecule has 1 unspecified atom stereocenters. The summed E-state index contributed by atoms with van der Waals surface area (Å²) in [7, 11) is 0. The lowest BCUT2D eigenvalue weighted by atomic mass is 10.1. The number of halogens is 2. The van der Waals surface area contributed by atoms with Crippen LogP contribution in [0.25, 0.3) is 0 Å². The second-order valence-corrected chi connectivity index (χ2v) is 4.99. The van der Waals surface area contributed by atoms with E-state index in [4.69, 9.17) is 0 Å². The van der Waals surface area contributed by atoms with E-state index in [9.17, 15) is 9.50 Å². The molecule has 2 aromatic rings. The predicted octanol–water partition coefficient (Wildman–Crippen LogP) is 3.28. The van der Waals surface area contributed by atoms with Crippen LogP contribution in [0.5, 0.6) is 0 Å². The van der Waals surface area contributed by atoms with E-state index in [1.807, 2.05) is 13.1 Å². The first-order valence-electron chi connectivity index (χ1n) is 5.74. The summed E-state index contributed by atoms with van der Waals surface area (Å²) in [6, 6.07) is 4.57. The number of rotatable bonds is 4. The SMILES string of the molecule is CCC(O)c1cnn(Cc2ccc(F)cc2Br)c1. The van der Waals surface area contributed by atoms with Crippen LogP contribution in [0.4, 0.5) is 4.39 Å². The largest absolute Gasteiger partial charge is 0.388 e. The minimum atomic E-state index is -0.476. The van der Waals surface area contributed by atoms with Gasteiger partial charge in [-0.25, -0.2) is 4.39 Å². The molecule has 1 atom stereocenters. The molecular weight excluding hydrogens is 299 g/mol. The highest BCUT2D eigenvalue weighted by Gasteiger charge is 2.09. The van der Waals surface area contributed by atoms with Gasteiger partial charge >= 0.3 is 0 Å². The van der Waals surface area contributed by atoms with Gasteiger partial charge in [0.05, 0.1) is 18.8 Å². The lowest BCUT2D eigenvalue weighted by molar-refractivity contribution is 0.173. The Morgan fingerprint density at radius 1 is 1.50 bits per heavy atom. The van der Waals surface area contributed by atoms with Gasteiger partial charge in [-0.1, -0.05) is 28.9 Å². The molecule has 0 aliphatic rings. The number of aromatic nitrogens is 2. The van der Waals surface area contributed by atoms with Gasteiger partial charge in [0, 0.05) is 16.2 Å². The van der Waals surface area contributed by atoms with Crippen molar-refractivity contribution in [3.8, 4) is 0 Å². The zero-order valence-electron chi connectivity index (χ0n) is 9.98. The summed E-state index contributed by atoms with van der Waals surface area (Å²) in [4.78, 5) is 0. The zero-order valence-corrected chi connectivity index (χ0v) is 11.6. The lowest BCUT2D eigenvalue weighted by Gasteiger charge is -2.05. The fourth-order valence-corrected chi connectivity index (χ4v) is 2.17. The molecule has 1 aromatic carbocycles. The molecule has 0 radical (unpaired) electrons. The number of nitrogens with zero attached hydrogens (tertiary/aromatic N) is 2. The zero-order chi connectivity index (χ0) is 13.1. The Kier molecular flexibility index (Phi) is 4.14. The van der Waals surface area contributed by atoms with E-state index in [1.165, 1.54) is 12.1 Å². The number of hydrogen-bond donors (Lipinski definition) is 1. The van der Waals surface area contributed by atoms with Gasteiger partial charge in [-0.05, 0) is 24.1 Å². The quantitative estimate of drug-likeness (QED) is 0.941. The number of aliphatic hydroxyl groups is 1. The number of aliphatic hydroxyl groups excluding tert-OH is 1. The third-order valence-electron chi connectivity index (χ3n) is 2.77. The Balaban J connectivity index is 2.16. The van der Waals surface area contributed by atoms with Crippen molar-refractivity contribution >= 4 is 15.9 Å². The molecule has 0 saturated heterocycles. The van der Waals surface area contributed by atoms with Gasteiger partial charge in [-0.2, -0.15) is 5.10 Å². The molecule has 96 valence electrons. The summed E-state index contributed by atoms with van der Waals surface area (Å²) in [6.45, 7) is 2.45. The van der Waals surface area contributed by atoms with Gasteiger partial charge in [-0.15, -0.1) is 0 Å². The summed E-state index contributed by atoms with van der Waals surface area (Å²) in [5.74, 6) is -0.270. The number of hydrogen-bond acceptors (Lipinski definition) is 2. The standard InChI is InChI=1S/C13H14BrFN2O/c1-2-13(18)10-6-16-17(8-10)7-9-3-4-11(15)5-12(9)14/h3-6,8,13,18H,2,7H2,1H3. The highest BCUT2D eigenvalue weighted by Crippen LogP contribution is 2.20. The Bertz CT molecular complexity index is 542. The molecule has 0 bridgehead atoms. The van der Waals surface area contributed by atoms with E-state index in [0.29, 0.717) is 13.0 Å². The van der Waals surface area contributed by atoms with Crippen LogP contribution in [0.15, 0.2) is 35.1 Å². The van der Waals surface area contributed by atoms with Crippen molar-refractivity contribution in [3.63, 3.8) is 0 Å². The normalized spacial score (nSPS) is 12.7. The molecule has 2 rings (SSSR count). The Labute approximate surface area is 113 Å². The van der Waals surface area contributed by atoms with Crippen LogP contribution >= 0.6 is 15.9 Å². The van der Waals surface area contributed by atoms with Gasteiger partial charge in [0.2, 0.25) is 0 Å². The molecule has 0 amide bonds. The Morgan fingerprint density at radius 3 is 2.94 bits per heavy atom. The van der Waals surface area contributed by atoms with E-state index < -0.39 is 6.10 Å². The van der Waals surface area contributed by atoms with Crippen molar-refractivity contribution in [2.45, 2.75) is 26.0 Å². The van der Waals surface area contributed by atoms with Crippen molar-refractivity contribution in [3.05, 3.63) is 52.0 Å². The first-order valence-corrected chi connectivity index (χ1v) is 6.53. The van der Waals surface area contributed by atoms with Gasteiger partial charge in [0.25, 0.3) is 0 Å². The van der Waals surface area contributed by atoms with Gasteiger partial charge < -0.3 is 5.11 Å². The van der Waals surface area contributed by atoms with Crippen LogP contribution in [0.1, 0.15) is 30.6 Å². The van der Waals surface area contributed by atoms with E-state index in [1.54, 1.807) is 16.9 Å². The molecule has 1 N–H and O–H groups in total. The molecule has 0 aliphatic carbocycles. The minimum absolute atomic E-state index is 0.270. The van der Waals surface area contributed by atoms with Crippen molar-refractivity contribution in [1.82, 2.24) is 9.78 Å². The van der Waals surface area contributed by atoms with Crippen molar-refractivity contribution in [2.75, 3.05) is 0 Å². The molecule has 18 heavy (non-hydrogen) atoms. The maximum absolute atomic E-state index is 13.0. The summed E-state index contributed by atoms with van der Waals surface area (Å²) in [5.41, 5.74) is 1.74. The second-order valence-electron chi connectivity index (χ2n) is 4.13. The molecule has 0 saturated carbocycles. The average molecular weight is 313 g/mol. The third-order valence-corrected chi connectivity index (χ3v) is 3.51. The van der Waals surface area contributed by atoms with E-state index >= 15 is 0 Å². The molecule has 0 fully saturated rings. The second kappa shape index (κ2) is 5.63. The van der Waals surface area contributed by atoms with Crippen LogP contribution in [0, 0.1) is 5.82 Å². The van der Waals surface area contributed by atoms with E-state index in [2.05, 4.69) is 21.0 Å². The summed E-state index contributed by atoms with van der Waals surface area (Å²) < 4.78 is 15.4. The smallest absolute Gasteiger partial charge is 0.124 e. The molecule has 0 aliphatic heterocycles. The molecule has 1 aromatic heterocycles. The van der Waals surface area contributed by atoms with Crippen LogP contribution in [0.3, 0.4) is 0 Å². The monoisotopic (exact) mass is 312 g/mol. The van der Waals surface area contributed by atoms with Gasteiger partial charge in [-0.3, -0.25) is 4.68 Å². The first kappa shape index (κ1) is 13.2. The maximum Gasteiger partial charge on any atom is 0.124 e. The molecule has 5 heteroatoms. The van der Waals surface area contributed by atoms with Crippen molar-refractivity contribution in [2.24, 2.45) is 0 Å². The Morgan fingerprint density at radius 2 is 2.28 bits per heavy atom. The van der Waals surface area contributed by atoms with Crippen LogP contribution in [0.2, 0.25) is 0 Å². The molecular formula is C13H14BrFN2O. The van der Waals surface area contributed by atoms with Crippen molar-refractivity contribution in [1.29, 1.82) is 0 Å². The van der Waals surface area contributed by atoms with Crippen LogP contribution in [-0.4, -0.2) is 14.9 Å². The van der Waals surface area contributed by atoms with Crippen LogP contribution in [-0.2, 0) is 6.54 Å². The molecule has 0 spiro atoms. The van der Waals surface area contributed by atoms with Gasteiger partial charge in [0.1, 0.15) is 5.82 Å². The predicted molar refractivity (Wildman–Crippen MR) is 70.7 cm³/mol. The van der Waals surface area contributed by atoms with E-state index in [0.717, 1.165) is 15.6 Å². The lowest BCUT2D eigenvalue weighted by Crippen LogP contribution is -2.01. The fraction of sp³-hybridized carbons (Fsp3) is 0.308. The summed E-state index contributed by atoms with van der Waals surface area (Å²) in [5, 5.41) is 13.9.